The van der Waals surface area contributed by atoms with Gasteiger partial charge in [0.1, 0.15) is 11.2 Å². The van der Waals surface area contributed by atoms with Crippen molar-refractivity contribution >= 4 is 12.2 Å². The predicted octanol–water partition coefficient (Wildman–Crippen LogP) is 5.46. The van der Waals surface area contributed by atoms with Gasteiger partial charge in [0.25, 0.3) is 0 Å². The number of carbonyl (C=O) groups is 2. The lowest BCUT2D eigenvalue weighted by Gasteiger charge is -2.26. The third kappa shape index (κ3) is 9.44. The van der Waals surface area contributed by atoms with Gasteiger partial charge in [-0.1, -0.05) is 43.7 Å². The molecule has 0 saturated heterocycles. The Morgan fingerprint density at radius 3 is 2.00 bits per heavy atom. The first-order valence-electron chi connectivity index (χ1n) is 9.64. The van der Waals surface area contributed by atoms with Crippen molar-refractivity contribution in [2.24, 2.45) is 0 Å². The van der Waals surface area contributed by atoms with Gasteiger partial charge in [-0.15, -0.1) is 0 Å². The molecular formula is C22H34N2O4. The summed E-state index contributed by atoms with van der Waals surface area (Å²) in [6.07, 6.45) is 2.10. The molecule has 0 aliphatic carbocycles. The second kappa shape index (κ2) is 10.2. The van der Waals surface area contributed by atoms with Gasteiger partial charge in [-0.25, -0.2) is 9.59 Å². The normalized spacial score (nSPS) is 13.5. The summed E-state index contributed by atoms with van der Waals surface area (Å²) in [4.78, 5) is 24.5. The van der Waals surface area contributed by atoms with Crippen molar-refractivity contribution in [3.05, 3.63) is 47.7 Å². The second-order valence-corrected chi connectivity index (χ2v) is 8.61. The maximum Gasteiger partial charge on any atom is 0.411 e. The van der Waals surface area contributed by atoms with Crippen molar-refractivity contribution in [3.8, 4) is 0 Å². The summed E-state index contributed by atoms with van der Waals surface area (Å²) in [5, 5.41) is 5.61. The maximum absolute atomic E-state index is 12.4. The van der Waals surface area contributed by atoms with Gasteiger partial charge in [0.2, 0.25) is 0 Å². The number of ether oxygens (including phenoxy) is 2. The minimum atomic E-state index is -0.602. The average molecular weight is 391 g/mol. The molecule has 156 valence electrons. The molecule has 0 aliphatic rings. The van der Waals surface area contributed by atoms with Gasteiger partial charge in [-0.05, 0) is 59.1 Å². The number of hydrogen-bond acceptors (Lipinski definition) is 4. The summed E-state index contributed by atoms with van der Waals surface area (Å²) in [5.41, 5.74) is 0.565. The highest BCUT2D eigenvalue weighted by Crippen LogP contribution is 2.25. The number of amides is 2. The van der Waals surface area contributed by atoms with Crippen LogP contribution in [0.4, 0.5) is 9.59 Å². The summed E-state index contributed by atoms with van der Waals surface area (Å²) in [6, 6.07) is 9.16. The zero-order chi connectivity index (χ0) is 21.4. The maximum atomic E-state index is 12.4. The monoisotopic (exact) mass is 390 g/mol. The highest BCUT2D eigenvalue weighted by Gasteiger charge is 2.23. The zero-order valence-corrected chi connectivity index (χ0v) is 18.1. The van der Waals surface area contributed by atoms with E-state index in [0.29, 0.717) is 6.42 Å². The number of hydrogen-bond donors (Lipinski definition) is 2. The largest absolute Gasteiger partial charge is 0.444 e. The van der Waals surface area contributed by atoms with E-state index in [-0.39, 0.29) is 0 Å². The third-order valence-electron chi connectivity index (χ3n) is 3.48. The summed E-state index contributed by atoms with van der Waals surface area (Å²) >= 11 is 0. The number of rotatable bonds is 6. The van der Waals surface area contributed by atoms with E-state index in [1.54, 1.807) is 27.0 Å². The molecule has 0 spiro atoms. The Kier molecular flexibility index (Phi) is 8.54. The predicted molar refractivity (Wildman–Crippen MR) is 111 cm³/mol. The molecule has 1 atom stereocenters. The quantitative estimate of drug-likeness (QED) is 0.676. The van der Waals surface area contributed by atoms with Gasteiger partial charge < -0.3 is 14.8 Å². The topological polar surface area (TPSA) is 76.7 Å². The van der Waals surface area contributed by atoms with Crippen LogP contribution in [0.3, 0.4) is 0 Å². The summed E-state index contributed by atoms with van der Waals surface area (Å²) in [6.45, 7) is 12.9. The van der Waals surface area contributed by atoms with Crippen molar-refractivity contribution in [2.45, 2.75) is 78.6 Å². The molecule has 6 nitrogen and oxygen atoms in total. The minimum Gasteiger partial charge on any atom is -0.444 e. The van der Waals surface area contributed by atoms with Crippen LogP contribution in [0.5, 0.6) is 0 Å². The molecule has 1 aromatic carbocycles. The van der Waals surface area contributed by atoms with E-state index in [9.17, 15) is 9.59 Å². The summed E-state index contributed by atoms with van der Waals surface area (Å²) < 4.78 is 10.7. The van der Waals surface area contributed by atoms with Crippen LogP contribution < -0.4 is 10.6 Å². The molecule has 0 radical (unpaired) electrons. The van der Waals surface area contributed by atoms with Crippen molar-refractivity contribution in [3.63, 3.8) is 0 Å². The standard InChI is InChI=1S/C22H34N2O4/c1-8-12-17(15-23-19(25)27-21(2,3)4)18(16-13-10-9-11-14-16)24-20(26)28-22(5,6)7/h9-11,13-15,18H,8,12H2,1-7H3,(H,23,25)(H,24,26)/b17-15+. The number of carbonyl (C=O) groups excluding carboxylic acids is 2. The van der Waals surface area contributed by atoms with Crippen LogP contribution in [0.2, 0.25) is 0 Å². The number of nitrogens with one attached hydrogen (secondary N) is 2. The van der Waals surface area contributed by atoms with Crippen molar-refractivity contribution in [2.75, 3.05) is 0 Å². The Labute approximate surface area is 168 Å². The lowest BCUT2D eigenvalue weighted by molar-refractivity contribution is 0.0510. The van der Waals surface area contributed by atoms with Gasteiger partial charge in [0, 0.05) is 6.20 Å². The molecule has 0 fully saturated rings. The second-order valence-electron chi connectivity index (χ2n) is 8.61. The van der Waals surface area contributed by atoms with E-state index >= 15 is 0 Å². The first kappa shape index (κ1) is 23.5. The zero-order valence-electron chi connectivity index (χ0n) is 18.1. The summed E-state index contributed by atoms with van der Waals surface area (Å²) in [7, 11) is 0. The first-order chi connectivity index (χ1) is 12.9. The third-order valence-corrected chi connectivity index (χ3v) is 3.48. The molecule has 6 heteroatoms. The first-order valence-corrected chi connectivity index (χ1v) is 9.64. The van der Waals surface area contributed by atoms with Gasteiger partial charge in [-0.3, -0.25) is 5.32 Å². The van der Waals surface area contributed by atoms with Gasteiger partial charge in [-0.2, -0.15) is 0 Å². The van der Waals surface area contributed by atoms with Crippen LogP contribution in [0, 0.1) is 0 Å². The van der Waals surface area contributed by atoms with Crippen LogP contribution >= 0.6 is 0 Å². The molecule has 0 bridgehead atoms. The fourth-order valence-electron chi connectivity index (χ4n) is 2.51. The molecule has 1 rings (SSSR count). The smallest absolute Gasteiger partial charge is 0.411 e. The lowest BCUT2D eigenvalue weighted by atomic mass is 9.96. The minimum absolute atomic E-state index is 0.425. The Morgan fingerprint density at radius 1 is 0.964 bits per heavy atom. The van der Waals surface area contributed by atoms with Crippen LogP contribution in [0.25, 0.3) is 0 Å². The Hall–Kier alpha value is -2.50. The van der Waals surface area contributed by atoms with E-state index in [4.69, 9.17) is 9.47 Å². The highest BCUT2D eigenvalue weighted by molar-refractivity contribution is 5.70. The van der Waals surface area contributed by atoms with Crippen LogP contribution in [0.15, 0.2) is 42.1 Å². The van der Waals surface area contributed by atoms with E-state index in [1.807, 2.05) is 58.0 Å². The van der Waals surface area contributed by atoms with Gasteiger partial charge in [0.05, 0.1) is 6.04 Å². The van der Waals surface area contributed by atoms with Crippen molar-refractivity contribution < 1.29 is 19.1 Å². The Morgan fingerprint density at radius 2 is 1.50 bits per heavy atom. The average Bonchev–Trinajstić information content (AvgIpc) is 2.54. The Bertz CT molecular complexity index is 670. The van der Waals surface area contributed by atoms with Gasteiger partial charge >= 0.3 is 12.2 Å². The molecule has 1 unspecified atom stereocenters. The Balaban J connectivity index is 3.10. The van der Waals surface area contributed by atoms with Crippen molar-refractivity contribution in [1.29, 1.82) is 0 Å². The van der Waals surface area contributed by atoms with Crippen molar-refractivity contribution in [1.82, 2.24) is 10.6 Å². The van der Waals surface area contributed by atoms with E-state index < -0.39 is 29.4 Å². The molecule has 2 amide bonds. The van der Waals surface area contributed by atoms with Crippen LogP contribution in [-0.4, -0.2) is 23.4 Å². The molecule has 0 heterocycles. The molecule has 0 saturated carbocycles. The molecule has 0 aliphatic heterocycles. The molecule has 28 heavy (non-hydrogen) atoms. The van der Waals surface area contributed by atoms with Crippen LogP contribution in [-0.2, 0) is 9.47 Å². The van der Waals surface area contributed by atoms with Gasteiger partial charge in [0.15, 0.2) is 0 Å². The summed E-state index contributed by atoms with van der Waals surface area (Å²) in [5.74, 6) is 0. The molecule has 1 aromatic rings. The van der Waals surface area contributed by atoms with E-state index in [2.05, 4.69) is 10.6 Å². The molecule has 0 aromatic heterocycles. The van der Waals surface area contributed by atoms with E-state index in [0.717, 1.165) is 17.6 Å². The van der Waals surface area contributed by atoms with E-state index in [1.165, 1.54) is 0 Å². The lowest BCUT2D eigenvalue weighted by Crippen LogP contribution is -2.36. The fourth-order valence-corrected chi connectivity index (χ4v) is 2.51. The molecule has 2 N–H and O–H groups in total. The number of alkyl carbamates (subject to hydrolysis) is 2. The highest BCUT2D eigenvalue weighted by atomic mass is 16.6. The molecular weight excluding hydrogens is 356 g/mol. The number of benzene rings is 1. The SMILES string of the molecule is CCC/C(=C\NC(=O)OC(C)(C)C)C(NC(=O)OC(C)(C)C)c1ccccc1. The fraction of sp³-hybridized carbons (Fsp3) is 0.545. The van der Waals surface area contributed by atoms with Crippen LogP contribution in [0.1, 0.15) is 72.9 Å².